The summed E-state index contributed by atoms with van der Waals surface area (Å²) in [5, 5.41) is 8.03. The maximum Gasteiger partial charge on any atom is 0.315 e. The van der Waals surface area contributed by atoms with Crippen molar-refractivity contribution in [3.05, 3.63) is 82.3 Å². The third kappa shape index (κ3) is 6.27. The highest BCUT2D eigenvalue weighted by atomic mass is 32.1. The van der Waals surface area contributed by atoms with Gasteiger partial charge < -0.3 is 20.4 Å². The van der Waals surface area contributed by atoms with Crippen LogP contribution in [0.25, 0.3) is 0 Å². The Labute approximate surface area is 205 Å². The van der Waals surface area contributed by atoms with Gasteiger partial charge in [-0.25, -0.2) is 9.18 Å². The Morgan fingerprint density at radius 2 is 1.71 bits per heavy atom. The molecule has 2 amide bonds. The minimum absolute atomic E-state index is 0.0686. The molecule has 3 aromatic rings. The molecule has 180 valence electrons. The Morgan fingerprint density at radius 1 is 1.00 bits per heavy atom. The van der Waals surface area contributed by atoms with E-state index < -0.39 is 0 Å². The number of hydrogen-bond acceptors (Lipinski definition) is 5. The van der Waals surface area contributed by atoms with E-state index >= 15 is 0 Å². The highest BCUT2D eigenvalue weighted by Crippen LogP contribution is 2.26. The van der Waals surface area contributed by atoms with Crippen LogP contribution in [0.2, 0.25) is 0 Å². The molecule has 0 spiro atoms. The van der Waals surface area contributed by atoms with Crippen LogP contribution in [-0.2, 0) is 6.54 Å². The van der Waals surface area contributed by atoms with E-state index in [4.69, 9.17) is 0 Å². The fourth-order valence-corrected chi connectivity index (χ4v) is 4.87. The molecule has 0 aliphatic carbocycles. The number of benzene rings is 2. The zero-order valence-electron chi connectivity index (χ0n) is 19.7. The molecule has 6 nitrogen and oxygen atoms in total. The number of nitrogens with zero attached hydrogens (tertiary/aromatic N) is 3. The van der Waals surface area contributed by atoms with Gasteiger partial charge in [-0.3, -0.25) is 4.90 Å². The lowest BCUT2D eigenvalue weighted by molar-refractivity contribution is 0.180. The van der Waals surface area contributed by atoms with Crippen LogP contribution in [0.5, 0.6) is 0 Å². The number of urea groups is 1. The summed E-state index contributed by atoms with van der Waals surface area (Å²) < 4.78 is 13.3. The van der Waals surface area contributed by atoms with Crippen molar-refractivity contribution < 1.29 is 9.18 Å². The van der Waals surface area contributed by atoms with Crippen molar-refractivity contribution in [3.8, 4) is 0 Å². The van der Waals surface area contributed by atoms with Crippen molar-refractivity contribution in [1.29, 1.82) is 0 Å². The summed E-state index contributed by atoms with van der Waals surface area (Å²) in [5.41, 5.74) is 3.36. The quantitative estimate of drug-likeness (QED) is 0.503. The van der Waals surface area contributed by atoms with Gasteiger partial charge in [-0.15, -0.1) is 11.3 Å². The molecule has 1 unspecified atom stereocenters. The molecule has 1 fully saturated rings. The minimum Gasteiger partial charge on any atom is -0.378 e. The van der Waals surface area contributed by atoms with Gasteiger partial charge in [0.1, 0.15) is 5.82 Å². The van der Waals surface area contributed by atoms with E-state index in [1.165, 1.54) is 17.7 Å². The Morgan fingerprint density at radius 3 is 2.32 bits per heavy atom. The molecule has 2 heterocycles. The van der Waals surface area contributed by atoms with Crippen LogP contribution in [0.3, 0.4) is 0 Å². The molecule has 1 aliphatic rings. The molecule has 1 atom stereocenters. The van der Waals surface area contributed by atoms with Gasteiger partial charge >= 0.3 is 6.03 Å². The van der Waals surface area contributed by atoms with Crippen molar-refractivity contribution in [2.24, 2.45) is 0 Å². The molecule has 1 saturated heterocycles. The van der Waals surface area contributed by atoms with Gasteiger partial charge in [-0.2, -0.15) is 0 Å². The average molecular weight is 482 g/mol. The number of thiophene rings is 1. The van der Waals surface area contributed by atoms with Crippen molar-refractivity contribution in [1.82, 2.24) is 15.5 Å². The van der Waals surface area contributed by atoms with Gasteiger partial charge in [0.25, 0.3) is 0 Å². The lowest BCUT2D eigenvalue weighted by Crippen LogP contribution is -2.50. The molecule has 0 saturated carbocycles. The van der Waals surface area contributed by atoms with E-state index in [-0.39, 0.29) is 17.9 Å². The second-order valence-electron chi connectivity index (χ2n) is 8.64. The number of rotatable bonds is 8. The molecule has 0 bridgehead atoms. The topological polar surface area (TPSA) is 50.9 Å². The Balaban J connectivity index is 1.40. The number of anilines is 2. The summed E-state index contributed by atoms with van der Waals surface area (Å²) in [6, 6.07) is 19.1. The van der Waals surface area contributed by atoms with E-state index in [1.807, 2.05) is 43.7 Å². The molecule has 2 N–H and O–H groups in total. The van der Waals surface area contributed by atoms with E-state index in [2.05, 4.69) is 49.6 Å². The standard InChI is InChI=1S/C26H32FN5OS/c1-30(2)22-9-5-20(6-10-22)25(19-29-26(33)28-18-24-4-3-17-34-24)32-15-13-31(14-16-32)23-11-7-21(27)8-12-23/h3-12,17,25H,13-16,18-19H2,1-2H3,(H2,28,29,33). The summed E-state index contributed by atoms with van der Waals surface area (Å²) in [6.45, 7) is 4.47. The molecular weight excluding hydrogens is 449 g/mol. The fourth-order valence-electron chi connectivity index (χ4n) is 4.23. The predicted molar refractivity (Wildman–Crippen MR) is 138 cm³/mol. The van der Waals surface area contributed by atoms with E-state index in [0.717, 1.165) is 42.4 Å². The molecule has 0 radical (unpaired) electrons. The third-order valence-electron chi connectivity index (χ3n) is 6.20. The second-order valence-corrected chi connectivity index (χ2v) is 9.68. The molecule has 34 heavy (non-hydrogen) atoms. The zero-order chi connectivity index (χ0) is 23.9. The summed E-state index contributed by atoms with van der Waals surface area (Å²) in [6.07, 6.45) is 0. The minimum atomic E-state index is -0.216. The van der Waals surface area contributed by atoms with Gasteiger partial charge in [0.15, 0.2) is 0 Å². The number of carbonyl (C=O) groups is 1. The first kappa shape index (κ1) is 24.0. The lowest BCUT2D eigenvalue weighted by Gasteiger charge is -2.40. The van der Waals surface area contributed by atoms with Crippen LogP contribution in [0.4, 0.5) is 20.6 Å². The second kappa shape index (κ2) is 11.4. The van der Waals surface area contributed by atoms with E-state index in [1.54, 1.807) is 11.3 Å². The third-order valence-corrected chi connectivity index (χ3v) is 7.08. The summed E-state index contributed by atoms with van der Waals surface area (Å²) in [5.74, 6) is -0.216. The van der Waals surface area contributed by atoms with Crippen LogP contribution >= 0.6 is 11.3 Å². The number of hydrogen-bond donors (Lipinski definition) is 2. The predicted octanol–water partition coefficient (Wildman–Crippen LogP) is 4.32. The summed E-state index contributed by atoms with van der Waals surface area (Å²) in [7, 11) is 4.06. The van der Waals surface area contributed by atoms with Gasteiger partial charge in [-0.1, -0.05) is 18.2 Å². The van der Waals surface area contributed by atoms with Crippen molar-refractivity contribution in [2.75, 3.05) is 56.6 Å². The molecule has 1 aromatic heterocycles. The first-order valence-electron chi connectivity index (χ1n) is 11.6. The van der Waals surface area contributed by atoms with Gasteiger partial charge in [-0.05, 0) is 53.4 Å². The number of nitrogens with one attached hydrogen (secondary N) is 2. The van der Waals surface area contributed by atoms with Crippen molar-refractivity contribution in [2.45, 2.75) is 12.6 Å². The van der Waals surface area contributed by atoms with Crippen molar-refractivity contribution >= 4 is 28.7 Å². The number of amides is 2. The summed E-state index contributed by atoms with van der Waals surface area (Å²) >= 11 is 1.63. The van der Waals surface area contributed by atoms with Crippen LogP contribution in [0.15, 0.2) is 66.0 Å². The Kier molecular flexibility index (Phi) is 8.03. The molecule has 8 heteroatoms. The molecule has 1 aliphatic heterocycles. The van der Waals surface area contributed by atoms with Gasteiger partial charge in [0.2, 0.25) is 0 Å². The van der Waals surface area contributed by atoms with Crippen LogP contribution in [0, 0.1) is 5.82 Å². The van der Waals surface area contributed by atoms with Gasteiger partial charge in [0, 0.05) is 63.1 Å². The number of piperazine rings is 1. The van der Waals surface area contributed by atoms with E-state index in [0.29, 0.717) is 13.1 Å². The Hall–Kier alpha value is -3.10. The normalized spacial score (nSPS) is 15.1. The fraction of sp³-hybridized carbons (Fsp3) is 0.346. The van der Waals surface area contributed by atoms with Gasteiger partial charge in [0.05, 0.1) is 12.6 Å². The monoisotopic (exact) mass is 481 g/mol. The SMILES string of the molecule is CN(C)c1ccc(C(CNC(=O)NCc2cccs2)N2CCN(c3ccc(F)cc3)CC2)cc1. The zero-order valence-corrected chi connectivity index (χ0v) is 20.5. The number of carbonyl (C=O) groups excluding carboxylic acids is 1. The molecular formula is C26H32FN5OS. The maximum absolute atomic E-state index is 13.3. The van der Waals surface area contributed by atoms with Crippen LogP contribution in [-0.4, -0.2) is 57.8 Å². The van der Waals surface area contributed by atoms with E-state index in [9.17, 15) is 9.18 Å². The van der Waals surface area contributed by atoms with Crippen LogP contribution < -0.4 is 20.4 Å². The first-order chi connectivity index (χ1) is 16.5. The van der Waals surface area contributed by atoms with Crippen molar-refractivity contribution in [3.63, 3.8) is 0 Å². The average Bonchev–Trinajstić information content (AvgIpc) is 3.38. The molecule has 2 aromatic carbocycles. The summed E-state index contributed by atoms with van der Waals surface area (Å²) in [4.78, 5) is 20.4. The highest BCUT2D eigenvalue weighted by Gasteiger charge is 2.26. The molecule has 4 rings (SSSR count). The lowest BCUT2D eigenvalue weighted by atomic mass is 10.0. The maximum atomic E-state index is 13.3. The highest BCUT2D eigenvalue weighted by molar-refractivity contribution is 7.09. The smallest absolute Gasteiger partial charge is 0.315 e. The largest absolute Gasteiger partial charge is 0.378 e. The van der Waals surface area contributed by atoms with Crippen LogP contribution in [0.1, 0.15) is 16.5 Å². The Bertz CT molecular complexity index is 1030. The first-order valence-corrected chi connectivity index (χ1v) is 12.4. The number of halogens is 1.